The number of nitrogens with zero attached hydrogens (tertiary/aromatic N) is 1. The standard InChI is InChI=1S/C19H31N3O2.2ClH/c1-15(13-20-2)19(23)21-14-18(22-11-5-4-6-12-22)16-7-9-17(24-3)10-8-16;;/h7-10,15,18,20H,4-6,11-14H2,1-3H3,(H,21,23);2*1H. The third-order valence-corrected chi connectivity index (χ3v) is 4.76. The minimum atomic E-state index is -0.0205. The van der Waals surface area contributed by atoms with Gasteiger partial charge in [-0.1, -0.05) is 25.5 Å². The second-order valence-corrected chi connectivity index (χ2v) is 6.59. The molecule has 1 aromatic carbocycles. The Kier molecular flexibility index (Phi) is 12.7. The van der Waals surface area contributed by atoms with Gasteiger partial charge in [0.15, 0.2) is 0 Å². The molecule has 5 nitrogen and oxygen atoms in total. The van der Waals surface area contributed by atoms with Gasteiger partial charge in [0.2, 0.25) is 5.91 Å². The number of methoxy groups -OCH3 is 1. The highest BCUT2D eigenvalue weighted by atomic mass is 35.5. The van der Waals surface area contributed by atoms with Crippen molar-refractivity contribution in [2.24, 2.45) is 5.92 Å². The van der Waals surface area contributed by atoms with Crippen LogP contribution in [-0.2, 0) is 4.79 Å². The first kappa shape index (κ1) is 25.0. The van der Waals surface area contributed by atoms with Gasteiger partial charge >= 0.3 is 0 Å². The van der Waals surface area contributed by atoms with Gasteiger partial charge in [-0.05, 0) is 50.7 Å². The fourth-order valence-corrected chi connectivity index (χ4v) is 3.28. The lowest BCUT2D eigenvalue weighted by atomic mass is 10.0. The Morgan fingerprint density at radius 1 is 1.12 bits per heavy atom. The number of rotatable bonds is 8. The summed E-state index contributed by atoms with van der Waals surface area (Å²) in [4.78, 5) is 14.8. The van der Waals surface area contributed by atoms with Crippen LogP contribution in [0.15, 0.2) is 24.3 Å². The van der Waals surface area contributed by atoms with Gasteiger partial charge in [0, 0.05) is 19.0 Å². The molecule has 0 saturated carbocycles. The molecule has 1 aliphatic heterocycles. The van der Waals surface area contributed by atoms with Gasteiger partial charge in [0.25, 0.3) is 0 Å². The maximum Gasteiger partial charge on any atom is 0.224 e. The molecule has 0 aliphatic carbocycles. The molecule has 0 spiro atoms. The summed E-state index contributed by atoms with van der Waals surface area (Å²) in [5.74, 6) is 0.954. The van der Waals surface area contributed by atoms with Crippen LogP contribution in [0.5, 0.6) is 5.75 Å². The van der Waals surface area contributed by atoms with Gasteiger partial charge in [-0.15, -0.1) is 24.8 Å². The summed E-state index contributed by atoms with van der Waals surface area (Å²) in [5.41, 5.74) is 1.24. The summed E-state index contributed by atoms with van der Waals surface area (Å²) in [5, 5.41) is 6.20. The van der Waals surface area contributed by atoms with Gasteiger partial charge in [0.1, 0.15) is 5.75 Å². The van der Waals surface area contributed by atoms with Crippen LogP contribution in [0.25, 0.3) is 0 Å². The molecule has 2 N–H and O–H groups in total. The van der Waals surface area contributed by atoms with Crippen molar-refractivity contribution in [3.8, 4) is 5.75 Å². The number of hydrogen-bond donors (Lipinski definition) is 2. The van der Waals surface area contributed by atoms with Gasteiger partial charge < -0.3 is 15.4 Å². The largest absolute Gasteiger partial charge is 0.497 e. The van der Waals surface area contributed by atoms with E-state index in [-0.39, 0.29) is 42.7 Å². The molecule has 1 saturated heterocycles. The average Bonchev–Trinajstić information content (AvgIpc) is 2.63. The van der Waals surface area contributed by atoms with E-state index in [9.17, 15) is 4.79 Å². The minimum absolute atomic E-state index is 0. The zero-order valence-electron chi connectivity index (χ0n) is 16.0. The van der Waals surface area contributed by atoms with E-state index in [2.05, 4.69) is 27.7 Å². The van der Waals surface area contributed by atoms with Crippen LogP contribution in [0.4, 0.5) is 0 Å². The molecule has 150 valence electrons. The second kappa shape index (κ2) is 13.2. The number of ether oxygens (including phenoxy) is 1. The zero-order valence-corrected chi connectivity index (χ0v) is 17.6. The van der Waals surface area contributed by atoms with Crippen LogP contribution in [-0.4, -0.2) is 51.1 Å². The summed E-state index contributed by atoms with van der Waals surface area (Å²) < 4.78 is 5.26. The van der Waals surface area contributed by atoms with Crippen LogP contribution in [0.3, 0.4) is 0 Å². The molecule has 1 heterocycles. The summed E-state index contributed by atoms with van der Waals surface area (Å²) in [6.07, 6.45) is 3.77. The van der Waals surface area contributed by atoms with Crippen LogP contribution in [0.2, 0.25) is 0 Å². The Labute approximate surface area is 170 Å². The van der Waals surface area contributed by atoms with Crippen molar-refractivity contribution in [3.63, 3.8) is 0 Å². The molecule has 1 amide bonds. The number of amides is 1. The first-order chi connectivity index (χ1) is 11.7. The molecule has 0 bridgehead atoms. The van der Waals surface area contributed by atoms with E-state index in [0.717, 1.165) is 18.8 Å². The highest BCUT2D eigenvalue weighted by Gasteiger charge is 2.23. The summed E-state index contributed by atoms with van der Waals surface area (Å²) in [6, 6.07) is 8.44. The van der Waals surface area contributed by atoms with Gasteiger partial charge in [-0.25, -0.2) is 0 Å². The number of halogens is 2. The van der Waals surface area contributed by atoms with Crippen molar-refractivity contribution in [1.82, 2.24) is 15.5 Å². The third-order valence-electron chi connectivity index (χ3n) is 4.76. The average molecular weight is 406 g/mol. The highest BCUT2D eigenvalue weighted by Crippen LogP contribution is 2.25. The molecular weight excluding hydrogens is 373 g/mol. The number of likely N-dealkylation sites (tertiary alicyclic amines) is 1. The minimum Gasteiger partial charge on any atom is -0.497 e. The van der Waals surface area contributed by atoms with Gasteiger partial charge in [-0.2, -0.15) is 0 Å². The van der Waals surface area contributed by atoms with E-state index in [4.69, 9.17) is 4.74 Å². The van der Waals surface area contributed by atoms with Crippen molar-refractivity contribution in [2.75, 3.05) is 40.3 Å². The smallest absolute Gasteiger partial charge is 0.224 e. The Bertz CT molecular complexity index is 508. The van der Waals surface area contributed by atoms with Gasteiger partial charge in [-0.3, -0.25) is 9.69 Å². The lowest BCUT2D eigenvalue weighted by Gasteiger charge is -2.35. The maximum atomic E-state index is 12.3. The van der Waals surface area contributed by atoms with Crippen molar-refractivity contribution in [2.45, 2.75) is 32.2 Å². The van der Waals surface area contributed by atoms with Crippen LogP contribution >= 0.6 is 24.8 Å². The lowest BCUT2D eigenvalue weighted by Crippen LogP contribution is -2.42. The number of benzene rings is 1. The molecule has 0 aromatic heterocycles. The quantitative estimate of drug-likeness (QED) is 0.697. The van der Waals surface area contributed by atoms with Crippen LogP contribution in [0.1, 0.15) is 37.8 Å². The number of hydrogen-bond acceptors (Lipinski definition) is 4. The Hall–Kier alpha value is -1.01. The SMILES string of the molecule is CNCC(C)C(=O)NCC(c1ccc(OC)cc1)N1CCCCC1.Cl.Cl. The van der Waals surface area contributed by atoms with Crippen molar-refractivity contribution in [1.29, 1.82) is 0 Å². The predicted octanol–water partition coefficient (Wildman–Crippen LogP) is 3.04. The Balaban J connectivity index is 0.00000312. The number of carbonyl (C=O) groups excluding carboxylic acids is 1. The number of nitrogens with one attached hydrogen (secondary N) is 2. The second-order valence-electron chi connectivity index (χ2n) is 6.59. The topological polar surface area (TPSA) is 53.6 Å². The Morgan fingerprint density at radius 3 is 2.27 bits per heavy atom. The first-order valence-electron chi connectivity index (χ1n) is 8.96. The number of piperidine rings is 1. The monoisotopic (exact) mass is 405 g/mol. The molecule has 1 fully saturated rings. The van der Waals surface area contributed by atoms with Crippen molar-refractivity contribution >= 4 is 30.7 Å². The normalized spacial score (nSPS) is 16.6. The lowest BCUT2D eigenvalue weighted by molar-refractivity contribution is -0.124. The molecule has 1 aromatic rings. The fourth-order valence-electron chi connectivity index (χ4n) is 3.28. The van der Waals surface area contributed by atoms with Crippen LogP contribution in [0, 0.1) is 5.92 Å². The summed E-state index contributed by atoms with van der Waals surface area (Å²) in [7, 11) is 3.55. The van der Waals surface area contributed by atoms with Crippen LogP contribution < -0.4 is 15.4 Å². The van der Waals surface area contributed by atoms with Crippen molar-refractivity contribution < 1.29 is 9.53 Å². The van der Waals surface area contributed by atoms with E-state index < -0.39 is 0 Å². The maximum absolute atomic E-state index is 12.3. The summed E-state index contributed by atoms with van der Waals surface area (Å²) in [6.45, 7) is 5.49. The molecule has 2 atom stereocenters. The molecule has 7 heteroatoms. The molecule has 26 heavy (non-hydrogen) atoms. The van der Waals surface area contributed by atoms with E-state index in [1.807, 2.05) is 26.1 Å². The number of carbonyl (C=O) groups is 1. The highest BCUT2D eigenvalue weighted by molar-refractivity contribution is 5.85. The van der Waals surface area contributed by atoms with E-state index >= 15 is 0 Å². The zero-order chi connectivity index (χ0) is 17.4. The fraction of sp³-hybridized carbons (Fsp3) is 0.632. The third kappa shape index (κ3) is 7.31. The van der Waals surface area contributed by atoms with E-state index in [1.54, 1.807) is 7.11 Å². The first-order valence-corrected chi connectivity index (χ1v) is 8.96. The molecular formula is C19H33Cl2N3O2. The van der Waals surface area contributed by atoms with E-state index in [0.29, 0.717) is 13.1 Å². The molecule has 1 aliphatic rings. The van der Waals surface area contributed by atoms with Gasteiger partial charge in [0.05, 0.1) is 13.2 Å². The van der Waals surface area contributed by atoms with E-state index in [1.165, 1.54) is 24.8 Å². The predicted molar refractivity (Wildman–Crippen MR) is 112 cm³/mol. The Morgan fingerprint density at radius 2 is 1.73 bits per heavy atom. The molecule has 2 rings (SSSR count). The molecule has 2 unspecified atom stereocenters. The van der Waals surface area contributed by atoms with Crippen molar-refractivity contribution in [3.05, 3.63) is 29.8 Å². The molecule has 0 radical (unpaired) electrons. The summed E-state index contributed by atoms with van der Waals surface area (Å²) >= 11 is 0.